The minimum Gasteiger partial charge on any atom is -0.427 e. The minimum atomic E-state index is -1.23. The predicted molar refractivity (Wildman–Crippen MR) is 87.4 cm³/mol. The fourth-order valence-corrected chi connectivity index (χ4v) is 2.75. The SMILES string of the molecule is CCCCCCCCCCCC=C1C(=O)O[C@](C)(OC)[C@@H]1O. The molecule has 4 heteroatoms. The van der Waals surface area contributed by atoms with Crippen molar-refractivity contribution >= 4 is 5.97 Å². The number of carbonyl (C=O) groups excluding carboxylic acids is 1. The number of cyclic esters (lactones) is 1. The van der Waals surface area contributed by atoms with E-state index in [0.29, 0.717) is 5.57 Å². The van der Waals surface area contributed by atoms with E-state index in [1.54, 1.807) is 13.0 Å². The summed E-state index contributed by atoms with van der Waals surface area (Å²) in [6.07, 6.45) is 13.1. The molecule has 0 amide bonds. The van der Waals surface area contributed by atoms with Crippen molar-refractivity contribution in [2.75, 3.05) is 7.11 Å². The number of unbranched alkanes of at least 4 members (excludes halogenated alkanes) is 9. The van der Waals surface area contributed by atoms with Crippen molar-refractivity contribution in [2.45, 2.75) is 89.9 Å². The van der Waals surface area contributed by atoms with Gasteiger partial charge in [0.05, 0.1) is 5.57 Å². The van der Waals surface area contributed by atoms with Crippen LogP contribution in [0, 0.1) is 0 Å². The Morgan fingerprint density at radius 2 is 1.68 bits per heavy atom. The lowest BCUT2D eigenvalue weighted by Gasteiger charge is -2.23. The summed E-state index contributed by atoms with van der Waals surface area (Å²) in [6, 6.07) is 0. The van der Waals surface area contributed by atoms with Crippen LogP contribution in [0.25, 0.3) is 0 Å². The van der Waals surface area contributed by atoms with Gasteiger partial charge in [-0.3, -0.25) is 0 Å². The second-order valence-electron chi connectivity index (χ2n) is 6.29. The maximum atomic E-state index is 11.7. The van der Waals surface area contributed by atoms with Crippen LogP contribution in [0.1, 0.15) is 78.1 Å². The molecular weight excluding hydrogens is 280 g/mol. The van der Waals surface area contributed by atoms with Crippen LogP contribution >= 0.6 is 0 Å². The number of methoxy groups -OCH3 is 1. The molecule has 2 atom stereocenters. The van der Waals surface area contributed by atoms with Crippen molar-refractivity contribution in [1.29, 1.82) is 0 Å². The standard InChI is InChI=1S/C18H32O4/c1-4-5-6-7-8-9-10-11-12-13-14-15-16(19)18(2,21-3)22-17(15)20/h14,16,19H,4-13H2,1-3H3/t16-,18+/m1/s1. The molecule has 0 bridgehead atoms. The van der Waals surface area contributed by atoms with E-state index < -0.39 is 17.9 Å². The number of aliphatic hydroxyl groups is 1. The molecule has 128 valence electrons. The summed E-state index contributed by atoms with van der Waals surface area (Å²) >= 11 is 0. The van der Waals surface area contributed by atoms with E-state index in [1.165, 1.54) is 58.5 Å². The summed E-state index contributed by atoms with van der Waals surface area (Å²) < 4.78 is 10.2. The number of allylic oxidation sites excluding steroid dienone is 1. The van der Waals surface area contributed by atoms with E-state index in [2.05, 4.69) is 6.92 Å². The Balaban J connectivity index is 2.14. The van der Waals surface area contributed by atoms with E-state index in [-0.39, 0.29) is 0 Å². The molecule has 0 aromatic rings. The third-order valence-corrected chi connectivity index (χ3v) is 4.40. The van der Waals surface area contributed by atoms with E-state index in [4.69, 9.17) is 9.47 Å². The maximum Gasteiger partial charge on any atom is 0.339 e. The number of esters is 1. The van der Waals surface area contributed by atoms with E-state index >= 15 is 0 Å². The Labute approximate surface area is 134 Å². The molecule has 1 aliphatic rings. The van der Waals surface area contributed by atoms with Gasteiger partial charge in [0.2, 0.25) is 5.79 Å². The lowest BCUT2D eigenvalue weighted by Crippen LogP contribution is -2.38. The molecule has 1 heterocycles. The largest absolute Gasteiger partial charge is 0.427 e. The van der Waals surface area contributed by atoms with E-state index in [1.807, 2.05) is 0 Å². The highest BCUT2D eigenvalue weighted by Crippen LogP contribution is 2.32. The Hall–Kier alpha value is -0.870. The predicted octanol–water partition coefficient (Wildman–Crippen LogP) is 4.11. The maximum absolute atomic E-state index is 11.7. The molecule has 1 rings (SSSR count). The average Bonchev–Trinajstić information content (AvgIpc) is 2.72. The molecule has 0 aliphatic carbocycles. The number of carbonyl (C=O) groups is 1. The Bertz CT molecular complexity index is 364. The van der Waals surface area contributed by atoms with Gasteiger partial charge in [0, 0.05) is 14.0 Å². The zero-order chi connectivity index (χ0) is 16.4. The monoisotopic (exact) mass is 312 g/mol. The molecule has 0 aromatic carbocycles. The van der Waals surface area contributed by atoms with E-state index in [0.717, 1.165) is 12.8 Å². The first-order valence-electron chi connectivity index (χ1n) is 8.71. The lowest BCUT2D eigenvalue weighted by atomic mass is 10.0. The fraction of sp³-hybridized carbons (Fsp3) is 0.833. The van der Waals surface area contributed by atoms with Gasteiger partial charge >= 0.3 is 5.97 Å². The van der Waals surface area contributed by atoms with Crippen LogP contribution in [0.4, 0.5) is 0 Å². The molecular formula is C18H32O4. The molecule has 4 nitrogen and oxygen atoms in total. The second-order valence-corrected chi connectivity index (χ2v) is 6.29. The number of hydrogen-bond acceptors (Lipinski definition) is 4. The van der Waals surface area contributed by atoms with Crippen molar-refractivity contribution in [3.63, 3.8) is 0 Å². The van der Waals surface area contributed by atoms with Crippen molar-refractivity contribution in [3.05, 3.63) is 11.6 Å². The van der Waals surface area contributed by atoms with Crippen molar-refractivity contribution in [3.8, 4) is 0 Å². The van der Waals surface area contributed by atoms with Gasteiger partial charge in [0.25, 0.3) is 0 Å². The molecule has 0 saturated carbocycles. The highest BCUT2D eigenvalue weighted by atomic mass is 16.7. The quantitative estimate of drug-likeness (QED) is 0.354. The molecule has 0 aromatic heterocycles. The minimum absolute atomic E-state index is 0.337. The van der Waals surface area contributed by atoms with Gasteiger partial charge < -0.3 is 14.6 Å². The molecule has 1 fully saturated rings. The van der Waals surface area contributed by atoms with E-state index in [9.17, 15) is 9.90 Å². The zero-order valence-corrected chi connectivity index (χ0v) is 14.4. The lowest BCUT2D eigenvalue weighted by molar-refractivity contribution is -0.218. The van der Waals surface area contributed by atoms with Gasteiger partial charge in [-0.1, -0.05) is 64.4 Å². The third-order valence-electron chi connectivity index (χ3n) is 4.40. The molecule has 1 aliphatic heterocycles. The second kappa shape index (κ2) is 10.0. The van der Waals surface area contributed by atoms with Crippen LogP contribution < -0.4 is 0 Å². The summed E-state index contributed by atoms with van der Waals surface area (Å²) in [5.41, 5.74) is 0.337. The molecule has 1 saturated heterocycles. The fourth-order valence-electron chi connectivity index (χ4n) is 2.75. The summed E-state index contributed by atoms with van der Waals surface area (Å²) in [5.74, 6) is -1.70. The van der Waals surface area contributed by atoms with Crippen molar-refractivity contribution in [1.82, 2.24) is 0 Å². The Morgan fingerprint density at radius 3 is 2.18 bits per heavy atom. The van der Waals surface area contributed by atoms with Crippen molar-refractivity contribution < 1.29 is 19.4 Å². The number of hydrogen-bond donors (Lipinski definition) is 1. The highest BCUT2D eigenvalue weighted by molar-refractivity contribution is 5.92. The highest BCUT2D eigenvalue weighted by Gasteiger charge is 2.48. The molecule has 0 unspecified atom stereocenters. The summed E-state index contributed by atoms with van der Waals surface area (Å²) in [4.78, 5) is 11.7. The van der Waals surface area contributed by atoms with Crippen LogP contribution in [0.2, 0.25) is 0 Å². The summed E-state index contributed by atoms with van der Waals surface area (Å²) in [5, 5.41) is 10.1. The van der Waals surface area contributed by atoms with Gasteiger partial charge in [-0.25, -0.2) is 4.79 Å². The first-order valence-corrected chi connectivity index (χ1v) is 8.71. The number of aliphatic hydroxyl groups excluding tert-OH is 1. The Kier molecular flexibility index (Phi) is 8.72. The third kappa shape index (κ3) is 5.73. The molecule has 0 radical (unpaired) electrons. The van der Waals surface area contributed by atoms with Gasteiger partial charge in [-0.2, -0.15) is 0 Å². The number of rotatable bonds is 11. The van der Waals surface area contributed by atoms with Crippen LogP contribution in [0.15, 0.2) is 11.6 Å². The smallest absolute Gasteiger partial charge is 0.339 e. The Morgan fingerprint density at radius 1 is 1.14 bits per heavy atom. The van der Waals surface area contributed by atoms with Crippen LogP contribution in [-0.4, -0.2) is 30.1 Å². The van der Waals surface area contributed by atoms with Gasteiger partial charge in [-0.05, 0) is 12.8 Å². The molecule has 22 heavy (non-hydrogen) atoms. The topological polar surface area (TPSA) is 55.8 Å². The normalized spacial score (nSPS) is 26.6. The van der Waals surface area contributed by atoms with Gasteiger partial charge in [-0.15, -0.1) is 0 Å². The molecule has 1 N–H and O–H groups in total. The summed E-state index contributed by atoms with van der Waals surface area (Å²) in [7, 11) is 1.43. The first-order chi connectivity index (χ1) is 10.5. The van der Waals surface area contributed by atoms with Crippen molar-refractivity contribution in [2.24, 2.45) is 0 Å². The number of ether oxygens (including phenoxy) is 2. The summed E-state index contributed by atoms with van der Waals surface area (Å²) in [6.45, 7) is 3.82. The first kappa shape index (κ1) is 19.2. The average molecular weight is 312 g/mol. The van der Waals surface area contributed by atoms with Crippen LogP contribution in [0.3, 0.4) is 0 Å². The van der Waals surface area contributed by atoms with Gasteiger partial charge in [0.1, 0.15) is 0 Å². The van der Waals surface area contributed by atoms with Crippen LogP contribution in [0.5, 0.6) is 0 Å². The van der Waals surface area contributed by atoms with Gasteiger partial charge in [0.15, 0.2) is 6.10 Å². The zero-order valence-electron chi connectivity index (χ0n) is 14.4. The van der Waals surface area contributed by atoms with Crippen LogP contribution in [-0.2, 0) is 14.3 Å². The molecule has 0 spiro atoms.